The first-order valence-electron chi connectivity index (χ1n) is 7.16. The molecule has 0 spiro atoms. The van der Waals surface area contributed by atoms with Crippen LogP contribution >= 0.6 is 0 Å². The Morgan fingerprint density at radius 2 is 1.91 bits per heavy atom. The minimum atomic E-state index is -0.129. The molecular weight excluding hydrogens is 276 g/mol. The summed E-state index contributed by atoms with van der Waals surface area (Å²) in [4.78, 5) is 19.4. The fourth-order valence-electron chi connectivity index (χ4n) is 3.04. The highest BCUT2D eigenvalue weighted by molar-refractivity contribution is 5.90. The van der Waals surface area contributed by atoms with Crippen LogP contribution in [0.25, 0.3) is 22.2 Å². The second kappa shape index (κ2) is 5.30. The highest BCUT2D eigenvalue weighted by Gasteiger charge is 2.14. The maximum absolute atomic E-state index is 12.0. The molecule has 0 aliphatic heterocycles. The van der Waals surface area contributed by atoms with Crippen molar-refractivity contribution in [2.75, 3.05) is 7.11 Å². The van der Waals surface area contributed by atoms with E-state index in [0.717, 1.165) is 33.3 Å². The number of hydrogen-bond donors (Lipinski definition) is 1. The standard InChI is InChI=1S/C18H18N2O2/c1-10-8-14(13-6-5-7-19-18(13)21)20-15-9-11(2)17(22-4)12(3)16(10)15/h5-9H,1-4H3,(H,19,21). The zero-order valence-corrected chi connectivity index (χ0v) is 13.2. The topological polar surface area (TPSA) is 55.0 Å². The summed E-state index contributed by atoms with van der Waals surface area (Å²) in [6, 6.07) is 7.56. The first-order chi connectivity index (χ1) is 10.5. The van der Waals surface area contributed by atoms with Gasteiger partial charge >= 0.3 is 0 Å². The number of H-pyrrole nitrogens is 1. The lowest BCUT2D eigenvalue weighted by Crippen LogP contribution is -2.08. The Hall–Kier alpha value is -2.62. The van der Waals surface area contributed by atoms with Gasteiger partial charge in [-0.05, 0) is 56.2 Å². The fourth-order valence-corrected chi connectivity index (χ4v) is 3.04. The second-order valence-corrected chi connectivity index (χ2v) is 5.48. The molecule has 4 heteroatoms. The van der Waals surface area contributed by atoms with E-state index in [2.05, 4.69) is 9.97 Å². The number of aryl methyl sites for hydroxylation is 3. The van der Waals surface area contributed by atoms with Crippen LogP contribution in [0.4, 0.5) is 0 Å². The van der Waals surface area contributed by atoms with E-state index < -0.39 is 0 Å². The Morgan fingerprint density at radius 3 is 2.59 bits per heavy atom. The van der Waals surface area contributed by atoms with Crippen LogP contribution in [0.1, 0.15) is 16.7 Å². The van der Waals surface area contributed by atoms with Gasteiger partial charge in [0.2, 0.25) is 0 Å². The summed E-state index contributed by atoms with van der Waals surface area (Å²) < 4.78 is 5.49. The van der Waals surface area contributed by atoms with Gasteiger partial charge in [0.25, 0.3) is 5.56 Å². The lowest BCUT2D eigenvalue weighted by atomic mass is 9.99. The average Bonchev–Trinajstić information content (AvgIpc) is 2.47. The highest BCUT2D eigenvalue weighted by atomic mass is 16.5. The quantitative estimate of drug-likeness (QED) is 0.786. The Balaban J connectivity index is 2.35. The number of benzene rings is 1. The van der Waals surface area contributed by atoms with Crippen molar-refractivity contribution in [3.05, 3.63) is 57.5 Å². The fraction of sp³-hybridized carbons (Fsp3) is 0.222. The molecule has 4 nitrogen and oxygen atoms in total. The molecule has 112 valence electrons. The molecule has 1 N–H and O–H groups in total. The Kier molecular flexibility index (Phi) is 3.45. The molecule has 0 saturated carbocycles. The summed E-state index contributed by atoms with van der Waals surface area (Å²) in [6.07, 6.45) is 1.62. The van der Waals surface area contributed by atoms with Crippen LogP contribution in [0.5, 0.6) is 5.75 Å². The molecule has 2 heterocycles. The zero-order chi connectivity index (χ0) is 15.9. The number of nitrogens with zero attached hydrogens (tertiary/aromatic N) is 1. The van der Waals surface area contributed by atoms with Crippen molar-refractivity contribution in [1.29, 1.82) is 0 Å². The average molecular weight is 294 g/mol. The third-order valence-electron chi connectivity index (χ3n) is 3.97. The summed E-state index contributed by atoms with van der Waals surface area (Å²) in [5, 5.41) is 1.08. The van der Waals surface area contributed by atoms with E-state index in [0.29, 0.717) is 11.3 Å². The van der Waals surface area contributed by atoms with Crippen LogP contribution in [0.2, 0.25) is 0 Å². The van der Waals surface area contributed by atoms with Crippen LogP contribution in [-0.2, 0) is 0 Å². The number of hydrogen-bond acceptors (Lipinski definition) is 3. The third-order valence-corrected chi connectivity index (χ3v) is 3.97. The van der Waals surface area contributed by atoms with Gasteiger partial charge in [-0.1, -0.05) is 0 Å². The van der Waals surface area contributed by atoms with E-state index in [9.17, 15) is 4.79 Å². The number of pyridine rings is 2. The predicted molar refractivity (Wildman–Crippen MR) is 88.6 cm³/mol. The van der Waals surface area contributed by atoms with Crippen LogP contribution < -0.4 is 10.3 Å². The summed E-state index contributed by atoms with van der Waals surface area (Å²) in [5.74, 6) is 0.891. The van der Waals surface area contributed by atoms with Gasteiger partial charge < -0.3 is 9.72 Å². The molecule has 0 unspecified atom stereocenters. The monoisotopic (exact) mass is 294 g/mol. The Labute approximate surface area is 128 Å². The molecule has 0 saturated heterocycles. The minimum Gasteiger partial charge on any atom is -0.496 e. The van der Waals surface area contributed by atoms with Crippen molar-refractivity contribution in [2.45, 2.75) is 20.8 Å². The van der Waals surface area contributed by atoms with Gasteiger partial charge in [-0.15, -0.1) is 0 Å². The van der Waals surface area contributed by atoms with Gasteiger partial charge in [0.1, 0.15) is 5.75 Å². The molecule has 0 amide bonds. The molecule has 22 heavy (non-hydrogen) atoms. The number of methoxy groups -OCH3 is 1. The maximum Gasteiger partial charge on any atom is 0.257 e. The molecule has 0 radical (unpaired) electrons. The van der Waals surface area contributed by atoms with Gasteiger partial charge in [0, 0.05) is 17.1 Å². The van der Waals surface area contributed by atoms with Crippen molar-refractivity contribution < 1.29 is 4.74 Å². The van der Waals surface area contributed by atoms with Crippen molar-refractivity contribution in [3.8, 4) is 17.0 Å². The van der Waals surface area contributed by atoms with Gasteiger partial charge in [0.15, 0.2) is 0 Å². The maximum atomic E-state index is 12.0. The molecule has 0 fully saturated rings. The largest absolute Gasteiger partial charge is 0.496 e. The number of rotatable bonds is 2. The normalized spacial score (nSPS) is 10.9. The van der Waals surface area contributed by atoms with Crippen molar-refractivity contribution in [3.63, 3.8) is 0 Å². The van der Waals surface area contributed by atoms with Gasteiger partial charge in [-0.3, -0.25) is 4.79 Å². The molecule has 0 aliphatic rings. The highest BCUT2D eigenvalue weighted by Crippen LogP contribution is 2.33. The molecule has 3 aromatic rings. The summed E-state index contributed by atoms with van der Waals surface area (Å²) in [5.41, 5.74) is 5.23. The number of ether oxygens (including phenoxy) is 1. The van der Waals surface area contributed by atoms with Crippen molar-refractivity contribution in [2.24, 2.45) is 0 Å². The first kappa shape index (κ1) is 14.3. The van der Waals surface area contributed by atoms with Crippen LogP contribution in [0.15, 0.2) is 35.3 Å². The lowest BCUT2D eigenvalue weighted by molar-refractivity contribution is 0.409. The van der Waals surface area contributed by atoms with Crippen LogP contribution in [0, 0.1) is 20.8 Å². The van der Waals surface area contributed by atoms with E-state index in [4.69, 9.17) is 4.74 Å². The molecule has 2 aromatic heterocycles. The van der Waals surface area contributed by atoms with E-state index in [1.807, 2.05) is 39.0 Å². The SMILES string of the molecule is COc1c(C)cc2nc(-c3ccc[nH]c3=O)cc(C)c2c1C. The molecular formula is C18H18N2O2. The molecule has 0 atom stereocenters. The molecule has 0 bridgehead atoms. The smallest absolute Gasteiger partial charge is 0.257 e. The lowest BCUT2D eigenvalue weighted by Gasteiger charge is -2.14. The summed E-state index contributed by atoms with van der Waals surface area (Å²) in [6.45, 7) is 6.08. The van der Waals surface area contributed by atoms with Crippen molar-refractivity contribution in [1.82, 2.24) is 9.97 Å². The van der Waals surface area contributed by atoms with E-state index in [1.165, 1.54) is 0 Å². The minimum absolute atomic E-state index is 0.129. The molecule has 3 rings (SSSR count). The number of aromatic nitrogens is 2. The van der Waals surface area contributed by atoms with E-state index in [-0.39, 0.29) is 5.56 Å². The van der Waals surface area contributed by atoms with E-state index >= 15 is 0 Å². The molecule has 0 aliphatic carbocycles. The van der Waals surface area contributed by atoms with Crippen molar-refractivity contribution >= 4 is 10.9 Å². The van der Waals surface area contributed by atoms with Gasteiger partial charge in [-0.2, -0.15) is 0 Å². The number of nitrogens with one attached hydrogen (secondary N) is 1. The van der Waals surface area contributed by atoms with Gasteiger partial charge in [0.05, 0.1) is 23.9 Å². The van der Waals surface area contributed by atoms with Crippen LogP contribution in [-0.4, -0.2) is 17.1 Å². The first-order valence-corrected chi connectivity index (χ1v) is 7.16. The van der Waals surface area contributed by atoms with Crippen LogP contribution in [0.3, 0.4) is 0 Å². The number of aromatic amines is 1. The third kappa shape index (κ3) is 2.17. The van der Waals surface area contributed by atoms with E-state index in [1.54, 1.807) is 19.4 Å². The van der Waals surface area contributed by atoms with Gasteiger partial charge in [-0.25, -0.2) is 4.98 Å². The molecule has 1 aromatic carbocycles. The number of fused-ring (bicyclic) bond motifs is 1. The second-order valence-electron chi connectivity index (χ2n) is 5.48. The summed E-state index contributed by atoms with van der Waals surface area (Å²) >= 11 is 0. The predicted octanol–water partition coefficient (Wildman–Crippen LogP) is 3.52. The Morgan fingerprint density at radius 1 is 1.14 bits per heavy atom. The summed E-state index contributed by atoms with van der Waals surface area (Å²) in [7, 11) is 1.68. The Bertz CT molecular complexity index is 926. The zero-order valence-electron chi connectivity index (χ0n) is 13.2.